The fourth-order valence-corrected chi connectivity index (χ4v) is 1.99. The van der Waals surface area contributed by atoms with Crippen LogP contribution in [-0.4, -0.2) is 38.6 Å². The van der Waals surface area contributed by atoms with Gasteiger partial charge in [0.05, 0.1) is 18.3 Å². The van der Waals surface area contributed by atoms with Gasteiger partial charge in [0.25, 0.3) is 11.6 Å². The Morgan fingerprint density at radius 1 is 1.55 bits per heavy atom. The van der Waals surface area contributed by atoms with Crippen molar-refractivity contribution in [1.82, 2.24) is 9.55 Å². The lowest BCUT2D eigenvalue weighted by Crippen LogP contribution is -2.33. The molecule has 9 heteroatoms. The normalized spacial score (nSPS) is 25.7. The molecule has 1 aliphatic rings. The maximum absolute atomic E-state index is 12.2. The summed E-state index contributed by atoms with van der Waals surface area (Å²) < 4.78 is 30.5. The molecule has 0 saturated carbocycles. The number of aromatic nitrogens is 2. The van der Waals surface area contributed by atoms with Gasteiger partial charge in [-0.05, 0) is 0 Å². The number of H-pyrrole nitrogens is 1. The van der Waals surface area contributed by atoms with E-state index in [9.17, 15) is 23.5 Å². The molecule has 0 aliphatic carbocycles. The van der Waals surface area contributed by atoms with Gasteiger partial charge < -0.3 is 14.9 Å². The molecule has 0 unspecified atom stereocenters. The van der Waals surface area contributed by atoms with Gasteiger partial charge >= 0.3 is 5.69 Å². The van der Waals surface area contributed by atoms with Crippen LogP contribution in [-0.2, 0) is 4.74 Å². The average molecular weight is 290 g/mol. The minimum Gasteiger partial charge on any atom is -0.394 e. The topological polar surface area (TPSA) is 105 Å². The quantitative estimate of drug-likeness (QED) is 0.690. The Hall–Kier alpha value is -1.84. The van der Waals surface area contributed by atoms with E-state index in [0.29, 0.717) is 6.08 Å². The number of nitrogens with one attached hydrogen (secondary N) is 1. The van der Waals surface area contributed by atoms with Crippen LogP contribution in [0, 0.1) is 0 Å². The molecule has 1 aliphatic heterocycles. The monoisotopic (exact) mass is 290 g/mol. The molecule has 1 fully saturated rings. The number of nitrogens with zero attached hydrogens (tertiary/aromatic N) is 1. The number of halogens is 2. The Labute approximate surface area is 110 Å². The van der Waals surface area contributed by atoms with E-state index in [2.05, 4.69) is 0 Å². The predicted molar refractivity (Wildman–Crippen MR) is 63.1 cm³/mol. The Bertz CT molecular complexity index is 634. The van der Waals surface area contributed by atoms with Crippen LogP contribution in [0.15, 0.2) is 21.9 Å². The summed E-state index contributed by atoms with van der Waals surface area (Å²) in [6, 6.07) is 0. The van der Waals surface area contributed by atoms with Crippen LogP contribution in [0.4, 0.5) is 8.78 Å². The first kappa shape index (κ1) is 14.6. The molecule has 0 amide bonds. The van der Waals surface area contributed by atoms with Gasteiger partial charge in [-0.1, -0.05) is 0 Å². The first-order chi connectivity index (χ1) is 9.42. The Balaban J connectivity index is 2.40. The van der Waals surface area contributed by atoms with Crippen LogP contribution in [0.3, 0.4) is 0 Å². The van der Waals surface area contributed by atoms with Gasteiger partial charge in [-0.25, -0.2) is 4.79 Å². The van der Waals surface area contributed by atoms with Crippen LogP contribution < -0.4 is 11.2 Å². The molecule has 3 atom stereocenters. The summed E-state index contributed by atoms with van der Waals surface area (Å²) in [5.74, 6) is 0. The van der Waals surface area contributed by atoms with E-state index >= 15 is 0 Å². The number of hydrogen-bond donors (Lipinski definition) is 3. The molecule has 0 aromatic carbocycles. The minimum absolute atomic E-state index is 0.00155. The lowest BCUT2D eigenvalue weighted by molar-refractivity contribution is -0.0459. The van der Waals surface area contributed by atoms with Crippen molar-refractivity contribution in [3.05, 3.63) is 38.7 Å². The van der Waals surface area contributed by atoms with Crippen molar-refractivity contribution >= 4 is 6.08 Å². The van der Waals surface area contributed by atoms with Gasteiger partial charge in [0.15, 0.2) is 0 Å². The second-order valence-electron chi connectivity index (χ2n) is 4.30. The minimum atomic E-state index is -2.08. The van der Waals surface area contributed by atoms with E-state index in [4.69, 9.17) is 9.84 Å². The van der Waals surface area contributed by atoms with Crippen LogP contribution in [0.1, 0.15) is 18.2 Å². The molecular weight excluding hydrogens is 278 g/mol. The maximum Gasteiger partial charge on any atom is 0.330 e. The van der Waals surface area contributed by atoms with Gasteiger partial charge in [-0.15, -0.1) is 0 Å². The summed E-state index contributed by atoms with van der Waals surface area (Å²) in [5.41, 5.74) is -2.20. The lowest BCUT2D eigenvalue weighted by Gasteiger charge is -2.14. The van der Waals surface area contributed by atoms with Crippen LogP contribution in [0.5, 0.6) is 0 Å². The van der Waals surface area contributed by atoms with E-state index in [1.807, 2.05) is 4.98 Å². The Kier molecular flexibility index (Phi) is 4.12. The van der Waals surface area contributed by atoms with Crippen LogP contribution in [0.2, 0.25) is 0 Å². The second kappa shape index (κ2) is 5.65. The number of aliphatic hydroxyl groups excluding tert-OH is 2. The fourth-order valence-electron chi connectivity index (χ4n) is 1.99. The Morgan fingerprint density at radius 3 is 2.80 bits per heavy atom. The molecule has 7 nitrogen and oxygen atoms in total. The Morgan fingerprint density at radius 2 is 2.25 bits per heavy atom. The van der Waals surface area contributed by atoms with Crippen molar-refractivity contribution in [3.8, 4) is 0 Å². The smallest absolute Gasteiger partial charge is 0.330 e. The van der Waals surface area contributed by atoms with Gasteiger partial charge in [-0.3, -0.25) is 14.3 Å². The lowest BCUT2D eigenvalue weighted by atomic mass is 10.2. The highest BCUT2D eigenvalue weighted by Gasteiger charge is 2.35. The summed E-state index contributed by atoms with van der Waals surface area (Å²) in [4.78, 5) is 24.9. The van der Waals surface area contributed by atoms with Gasteiger partial charge in [0.2, 0.25) is 0 Å². The second-order valence-corrected chi connectivity index (χ2v) is 4.30. The van der Waals surface area contributed by atoms with Gasteiger partial charge in [0, 0.05) is 18.7 Å². The van der Waals surface area contributed by atoms with Crippen LogP contribution >= 0.6 is 0 Å². The molecule has 1 aromatic rings. The molecule has 0 radical (unpaired) electrons. The SMILES string of the molecule is O=c1[nH]c(=O)n([C@H]2C[C@H](O)[C@@H](CO)O2)cc1C=C(F)F. The third kappa shape index (κ3) is 2.84. The number of hydrogen-bond acceptors (Lipinski definition) is 5. The number of aromatic amines is 1. The third-order valence-electron chi connectivity index (χ3n) is 2.95. The summed E-state index contributed by atoms with van der Waals surface area (Å²) in [6.07, 6.45) is -3.63. The fraction of sp³-hybridized carbons (Fsp3) is 0.455. The van der Waals surface area contributed by atoms with Gasteiger partial charge in [0.1, 0.15) is 12.3 Å². The summed E-state index contributed by atoms with van der Waals surface area (Å²) >= 11 is 0. The highest BCUT2D eigenvalue weighted by atomic mass is 19.3. The van der Waals surface area contributed by atoms with E-state index in [0.717, 1.165) is 10.8 Å². The number of ether oxygens (including phenoxy) is 1. The molecule has 1 aromatic heterocycles. The maximum atomic E-state index is 12.2. The molecule has 1 saturated heterocycles. The van der Waals surface area contributed by atoms with E-state index in [1.165, 1.54) is 0 Å². The number of aliphatic hydroxyl groups is 2. The van der Waals surface area contributed by atoms with Crippen molar-refractivity contribution < 1.29 is 23.7 Å². The molecule has 2 rings (SSSR count). The zero-order valence-electron chi connectivity index (χ0n) is 10.1. The van der Waals surface area contributed by atoms with E-state index in [1.54, 1.807) is 0 Å². The van der Waals surface area contributed by atoms with E-state index < -0.39 is 47.9 Å². The third-order valence-corrected chi connectivity index (χ3v) is 2.95. The molecule has 0 bridgehead atoms. The zero-order valence-corrected chi connectivity index (χ0v) is 10.1. The summed E-state index contributed by atoms with van der Waals surface area (Å²) in [5, 5.41) is 18.5. The van der Waals surface area contributed by atoms with Crippen molar-refractivity contribution in [1.29, 1.82) is 0 Å². The van der Waals surface area contributed by atoms with Crippen molar-refractivity contribution in [2.45, 2.75) is 24.9 Å². The zero-order chi connectivity index (χ0) is 14.9. The highest BCUT2D eigenvalue weighted by molar-refractivity contribution is 5.46. The average Bonchev–Trinajstić information content (AvgIpc) is 2.73. The number of rotatable bonds is 3. The van der Waals surface area contributed by atoms with Crippen molar-refractivity contribution in [2.75, 3.05) is 6.61 Å². The standard InChI is InChI=1S/C11H12F2N2O5/c12-8(13)1-5-3-15(11(19)14-10(5)18)9-2-6(17)7(4-16)20-9/h1,3,6-7,9,16-17H,2,4H2,(H,14,18,19)/t6-,7+,9+/m0/s1. The van der Waals surface area contributed by atoms with Crippen molar-refractivity contribution in [3.63, 3.8) is 0 Å². The predicted octanol–water partition coefficient (Wildman–Crippen LogP) is -0.585. The van der Waals surface area contributed by atoms with Crippen molar-refractivity contribution in [2.24, 2.45) is 0 Å². The molecule has 0 spiro atoms. The summed E-state index contributed by atoms with van der Waals surface area (Å²) in [6.45, 7) is -0.443. The molecule has 20 heavy (non-hydrogen) atoms. The van der Waals surface area contributed by atoms with Gasteiger partial charge in [-0.2, -0.15) is 8.78 Å². The first-order valence-corrected chi connectivity index (χ1v) is 5.75. The summed E-state index contributed by atoms with van der Waals surface area (Å²) in [7, 11) is 0. The molecule has 3 N–H and O–H groups in total. The molecule has 110 valence electrons. The van der Waals surface area contributed by atoms with Crippen LogP contribution in [0.25, 0.3) is 6.08 Å². The van der Waals surface area contributed by atoms with E-state index in [-0.39, 0.29) is 6.42 Å². The molecule has 2 heterocycles. The molecular formula is C11H12F2N2O5. The first-order valence-electron chi connectivity index (χ1n) is 5.75. The largest absolute Gasteiger partial charge is 0.394 e. The highest BCUT2D eigenvalue weighted by Crippen LogP contribution is 2.27.